The molecule has 0 aliphatic carbocycles. The third-order valence-electron chi connectivity index (χ3n) is 2.80. The van der Waals surface area contributed by atoms with Crippen LogP contribution in [0.15, 0.2) is 0 Å². The number of hydrogen-bond acceptors (Lipinski definition) is 2. The molecule has 96 valence electrons. The van der Waals surface area contributed by atoms with Crippen LogP contribution in [0.2, 0.25) is 52.4 Å². The fraction of sp³-hybridized carbons (Fsp3) is 1.00. The van der Waals surface area contributed by atoms with Crippen LogP contribution >= 0.6 is 0 Å². The summed E-state index contributed by atoms with van der Waals surface area (Å²) in [7, 11) is -8.18. The Hall–Kier alpha value is 1.27. The van der Waals surface area contributed by atoms with E-state index in [2.05, 4.69) is 47.8 Å². The van der Waals surface area contributed by atoms with E-state index in [4.69, 9.17) is 4.65 Å². The summed E-state index contributed by atoms with van der Waals surface area (Å²) in [4.78, 5) is 0. The van der Waals surface area contributed by atoms with Crippen LogP contribution in [0.1, 0.15) is 0 Å². The Morgan fingerprint density at radius 1 is 1.06 bits per heavy atom. The second-order valence-corrected chi connectivity index (χ2v) is 23.2. The van der Waals surface area contributed by atoms with E-state index < -0.39 is 33.8 Å². The van der Waals surface area contributed by atoms with Gasteiger partial charge in [-0.25, -0.2) is 0 Å². The first-order valence-electron chi connectivity index (χ1n) is 5.81. The quantitative estimate of drug-likeness (QED) is 0.548. The molecular formula is C8H25FLiN3Si4. The van der Waals surface area contributed by atoms with Gasteiger partial charge < -0.3 is 13.2 Å². The summed E-state index contributed by atoms with van der Waals surface area (Å²) in [5.41, 5.74) is 0. The van der Waals surface area contributed by atoms with Crippen molar-refractivity contribution in [2.45, 2.75) is 52.4 Å². The summed E-state index contributed by atoms with van der Waals surface area (Å²) in [5, 5.41) is 0. The van der Waals surface area contributed by atoms with Gasteiger partial charge in [-0.2, -0.15) is 0 Å². The summed E-state index contributed by atoms with van der Waals surface area (Å²) in [5.74, 6) is 0. The summed E-state index contributed by atoms with van der Waals surface area (Å²) in [6.45, 7) is 16.9. The minimum absolute atomic E-state index is 0. The third kappa shape index (κ3) is 4.12. The second-order valence-electron chi connectivity index (χ2n) is 6.59. The Balaban J connectivity index is 0.00000256. The van der Waals surface area contributed by atoms with Crippen molar-refractivity contribution in [3.05, 3.63) is 4.65 Å². The molecule has 0 spiro atoms. The summed E-state index contributed by atoms with van der Waals surface area (Å²) >= 11 is 0. The van der Waals surface area contributed by atoms with Gasteiger partial charge in [-0.3, -0.25) is 4.11 Å². The van der Waals surface area contributed by atoms with E-state index >= 15 is 0 Å². The van der Waals surface area contributed by atoms with Crippen LogP contribution in [-0.2, 0) is 0 Å². The maximum atomic E-state index is 14.6. The zero-order valence-corrected chi connectivity index (χ0v) is 16.8. The number of hydrogen-bond donors (Lipinski definition) is 1. The average Bonchev–Trinajstić information content (AvgIpc) is 1.67. The smallest absolute Gasteiger partial charge is 0.644 e. The molecule has 1 aliphatic heterocycles. The zero-order valence-electron chi connectivity index (χ0n) is 12.8. The van der Waals surface area contributed by atoms with Crippen molar-refractivity contribution in [1.82, 2.24) is 8.54 Å². The topological polar surface area (TPSA) is 29.4 Å². The van der Waals surface area contributed by atoms with Crippen molar-refractivity contribution in [2.24, 2.45) is 0 Å². The van der Waals surface area contributed by atoms with Gasteiger partial charge >= 0.3 is 27.4 Å². The zero-order chi connectivity index (χ0) is 13.0. The van der Waals surface area contributed by atoms with Crippen LogP contribution in [0.25, 0.3) is 4.65 Å². The van der Waals surface area contributed by atoms with E-state index in [0.29, 0.717) is 0 Å². The normalized spacial score (nSPS) is 27.4. The fourth-order valence-electron chi connectivity index (χ4n) is 3.57. The molecule has 1 N–H and O–H groups in total. The molecule has 1 saturated heterocycles. The van der Waals surface area contributed by atoms with E-state index in [0.717, 1.165) is 0 Å². The Morgan fingerprint density at radius 2 is 1.47 bits per heavy atom. The summed E-state index contributed by atoms with van der Waals surface area (Å²) < 4.78 is 25.5. The number of rotatable bonds is 1. The molecule has 0 aromatic carbocycles. The first kappa shape index (κ1) is 18.3. The van der Waals surface area contributed by atoms with Gasteiger partial charge in [0.25, 0.3) is 0 Å². The van der Waals surface area contributed by atoms with Gasteiger partial charge in [0.15, 0.2) is 8.40 Å². The maximum absolute atomic E-state index is 14.6. The Bertz CT molecular complexity index is 273. The number of nitrogens with zero attached hydrogens (tertiary/aromatic N) is 2. The minimum atomic E-state index is -2.77. The Kier molecular flexibility index (Phi) is 5.37. The van der Waals surface area contributed by atoms with Crippen LogP contribution in [0.3, 0.4) is 0 Å². The van der Waals surface area contributed by atoms with Crippen molar-refractivity contribution < 1.29 is 23.0 Å². The minimum Gasteiger partial charge on any atom is -0.644 e. The molecule has 17 heavy (non-hydrogen) atoms. The monoisotopic (exact) mass is 301 g/mol. The SMILES string of the molecule is C[Si]1(C)[N-][Si](C)(C)N([Si](C)(C)F)[Si](C)(C)N1.[Li+]. The fourth-order valence-corrected chi connectivity index (χ4v) is 34.5. The van der Waals surface area contributed by atoms with E-state index in [1.165, 1.54) is 0 Å². The molecule has 1 fully saturated rings. The van der Waals surface area contributed by atoms with Crippen LogP contribution < -0.4 is 23.5 Å². The van der Waals surface area contributed by atoms with Crippen LogP contribution in [0, 0.1) is 0 Å². The first-order chi connectivity index (χ1) is 6.78. The Labute approximate surface area is 122 Å². The molecule has 0 bridgehead atoms. The molecule has 0 unspecified atom stereocenters. The molecule has 0 amide bonds. The van der Waals surface area contributed by atoms with E-state index in [-0.39, 0.29) is 18.9 Å². The molecule has 3 nitrogen and oxygen atoms in total. The molecule has 1 aliphatic rings. The molecule has 0 aromatic rings. The molecule has 0 atom stereocenters. The van der Waals surface area contributed by atoms with Crippen molar-refractivity contribution >= 4 is 33.8 Å². The van der Waals surface area contributed by atoms with Gasteiger partial charge in [-0.05, 0) is 43.0 Å². The van der Waals surface area contributed by atoms with Gasteiger partial charge in [-0.15, -0.1) is 0 Å². The standard InChI is InChI=1S/C8H25FN3Si4.Li/c1-13(2,9)12-15(5,6)10-14(3,4)11-16(12,7)8;/h10H,1-8H3;/q-1;+1. The summed E-state index contributed by atoms with van der Waals surface area (Å²) in [6.07, 6.45) is 0. The van der Waals surface area contributed by atoms with Gasteiger partial charge in [0, 0.05) is 0 Å². The third-order valence-corrected chi connectivity index (χ3v) is 25.2. The van der Waals surface area contributed by atoms with Crippen molar-refractivity contribution in [1.29, 1.82) is 0 Å². The van der Waals surface area contributed by atoms with Crippen LogP contribution in [0.4, 0.5) is 4.11 Å². The molecule has 0 saturated carbocycles. The van der Waals surface area contributed by atoms with Crippen LogP contribution in [-0.4, -0.2) is 37.7 Å². The predicted molar refractivity (Wildman–Crippen MR) is 79.4 cm³/mol. The van der Waals surface area contributed by atoms with Crippen molar-refractivity contribution in [3.8, 4) is 0 Å². The van der Waals surface area contributed by atoms with E-state index in [9.17, 15) is 4.11 Å². The molecular weight excluding hydrogens is 276 g/mol. The number of halogens is 1. The first-order valence-corrected chi connectivity index (χ1v) is 17.4. The molecule has 1 rings (SSSR count). The van der Waals surface area contributed by atoms with Crippen LogP contribution in [0.5, 0.6) is 0 Å². The average molecular weight is 302 g/mol. The summed E-state index contributed by atoms with van der Waals surface area (Å²) in [6, 6.07) is 0. The van der Waals surface area contributed by atoms with Gasteiger partial charge in [0.2, 0.25) is 0 Å². The van der Waals surface area contributed by atoms with Crippen molar-refractivity contribution in [2.75, 3.05) is 0 Å². The Morgan fingerprint density at radius 3 is 1.76 bits per heavy atom. The van der Waals surface area contributed by atoms with Crippen molar-refractivity contribution in [3.63, 3.8) is 0 Å². The number of nitrogens with one attached hydrogen (secondary N) is 1. The van der Waals surface area contributed by atoms with Gasteiger partial charge in [0.05, 0.1) is 0 Å². The van der Waals surface area contributed by atoms with E-state index in [1.54, 1.807) is 13.1 Å². The maximum Gasteiger partial charge on any atom is 1.00 e. The predicted octanol–water partition coefficient (Wildman–Crippen LogP) is 0.0460. The molecule has 9 heteroatoms. The molecule has 0 aromatic heterocycles. The second kappa shape index (κ2) is 4.99. The van der Waals surface area contributed by atoms with Gasteiger partial charge in [0.1, 0.15) is 0 Å². The molecule has 0 radical (unpaired) electrons. The van der Waals surface area contributed by atoms with Gasteiger partial charge in [-0.1, -0.05) is 26.2 Å². The molecule has 1 heterocycles. The largest absolute Gasteiger partial charge is 1.00 e. The van der Waals surface area contributed by atoms with E-state index in [1.807, 2.05) is 0 Å².